The van der Waals surface area contributed by atoms with Gasteiger partial charge in [0, 0.05) is 18.8 Å². The Morgan fingerprint density at radius 2 is 2.46 bits per heavy atom. The van der Waals surface area contributed by atoms with Crippen LogP contribution in [-0.4, -0.2) is 12.4 Å². The van der Waals surface area contributed by atoms with Crippen LogP contribution in [0.1, 0.15) is 17.9 Å². The largest absolute Gasteiger partial charge is 0.460 e. The van der Waals surface area contributed by atoms with Gasteiger partial charge in [0.2, 0.25) is 0 Å². The van der Waals surface area contributed by atoms with Crippen LogP contribution < -0.4 is 0 Å². The molecule has 0 amide bonds. The van der Waals surface area contributed by atoms with E-state index in [4.69, 9.17) is 4.42 Å². The van der Waals surface area contributed by atoms with E-state index in [1.807, 2.05) is 25.3 Å². The van der Waals surface area contributed by atoms with Gasteiger partial charge in [-0.1, -0.05) is 0 Å². The first kappa shape index (κ1) is 7.98. The SMILES string of the molecule is Cc1ccc(C=NC2=CN=CC2)o1. The molecular weight excluding hydrogens is 164 g/mol. The van der Waals surface area contributed by atoms with E-state index in [1.54, 1.807) is 12.4 Å². The smallest absolute Gasteiger partial charge is 0.145 e. The van der Waals surface area contributed by atoms with Gasteiger partial charge in [0.25, 0.3) is 0 Å². The number of aryl methyl sites for hydroxylation is 1. The Morgan fingerprint density at radius 3 is 3.08 bits per heavy atom. The third-order valence-corrected chi connectivity index (χ3v) is 1.75. The van der Waals surface area contributed by atoms with Gasteiger partial charge in [-0.25, -0.2) is 0 Å². The first-order valence-corrected chi connectivity index (χ1v) is 4.16. The van der Waals surface area contributed by atoms with Gasteiger partial charge >= 0.3 is 0 Å². The number of hydrogen-bond donors (Lipinski definition) is 0. The van der Waals surface area contributed by atoms with E-state index >= 15 is 0 Å². The summed E-state index contributed by atoms with van der Waals surface area (Å²) in [6.07, 6.45) is 6.12. The van der Waals surface area contributed by atoms with Crippen molar-refractivity contribution in [3.05, 3.63) is 35.6 Å². The molecule has 66 valence electrons. The Balaban J connectivity index is 2.05. The van der Waals surface area contributed by atoms with E-state index in [2.05, 4.69) is 9.98 Å². The third kappa shape index (κ3) is 1.93. The topological polar surface area (TPSA) is 37.9 Å². The number of furan rings is 1. The van der Waals surface area contributed by atoms with Crippen molar-refractivity contribution in [3.63, 3.8) is 0 Å². The van der Waals surface area contributed by atoms with E-state index in [9.17, 15) is 0 Å². The average Bonchev–Trinajstić information content (AvgIpc) is 2.71. The van der Waals surface area contributed by atoms with E-state index in [0.29, 0.717) is 0 Å². The molecule has 2 rings (SSSR count). The van der Waals surface area contributed by atoms with E-state index < -0.39 is 0 Å². The van der Waals surface area contributed by atoms with Crippen LogP contribution in [-0.2, 0) is 0 Å². The van der Waals surface area contributed by atoms with Crippen LogP contribution in [0.3, 0.4) is 0 Å². The Hall–Kier alpha value is -1.64. The van der Waals surface area contributed by atoms with Crippen LogP contribution in [0, 0.1) is 6.92 Å². The first-order valence-electron chi connectivity index (χ1n) is 4.16. The molecule has 0 bridgehead atoms. The van der Waals surface area contributed by atoms with Crippen molar-refractivity contribution in [2.45, 2.75) is 13.3 Å². The molecule has 3 heteroatoms. The zero-order valence-electron chi connectivity index (χ0n) is 7.40. The molecule has 0 saturated heterocycles. The Morgan fingerprint density at radius 1 is 1.54 bits per heavy atom. The summed E-state index contributed by atoms with van der Waals surface area (Å²) < 4.78 is 5.33. The fourth-order valence-corrected chi connectivity index (χ4v) is 1.09. The van der Waals surface area contributed by atoms with Crippen molar-refractivity contribution < 1.29 is 4.42 Å². The van der Waals surface area contributed by atoms with E-state index in [-0.39, 0.29) is 0 Å². The molecule has 0 aliphatic carbocycles. The van der Waals surface area contributed by atoms with Gasteiger partial charge in [-0.15, -0.1) is 0 Å². The molecular formula is C10H10N2O. The normalized spacial score (nSPS) is 15.6. The molecule has 0 aromatic carbocycles. The summed E-state index contributed by atoms with van der Waals surface area (Å²) in [5.74, 6) is 1.68. The van der Waals surface area contributed by atoms with E-state index in [0.717, 1.165) is 23.6 Å². The summed E-state index contributed by atoms with van der Waals surface area (Å²) in [4.78, 5) is 8.17. The summed E-state index contributed by atoms with van der Waals surface area (Å²) in [7, 11) is 0. The van der Waals surface area contributed by atoms with Gasteiger partial charge in [0.15, 0.2) is 0 Å². The molecule has 0 unspecified atom stereocenters. The van der Waals surface area contributed by atoms with Crippen LogP contribution in [0.2, 0.25) is 0 Å². The quantitative estimate of drug-likeness (QED) is 0.634. The number of hydrogen-bond acceptors (Lipinski definition) is 3. The van der Waals surface area contributed by atoms with Crippen LogP contribution in [0.4, 0.5) is 0 Å². The predicted octanol–water partition coefficient (Wildman–Crippen LogP) is 2.32. The number of aliphatic imine (C=N–C) groups is 2. The highest BCUT2D eigenvalue weighted by atomic mass is 16.3. The van der Waals surface area contributed by atoms with Crippen molar-refractivity contribution in [2.75, 3.05) is 0 Å². The van der Waals surface area contributed by atoms with Crippen molar-refractivity contribution in [1.29, 1.82) is 0 Å². The Labute approximate surface area is 76.5 Å². The molecule has 3 nitrogen and oxygen atoms in total. The van der Waals surface area contributed by atoms with Gasteiger partial charge < -0.3 is 4.42 Å². The van der Waals surface area contributed by atoms with Crippen molar-refractivity contribution >= 4 is 12.4 Å². The molecule has 1 aliphatic rings. The maximum atomic E-state index is 5.33. The minimum Gasteiger partial charge on any atom is -0.460 e. The molecule has 1 aliphatic heterocycles. The number of nitrogens with zero attached hydrogens (tertiary/aromatic N) is 2. The van der Waals surface area contributed by atoms with Gasteiger partial charge in [-0.05, 0) is 19.1 Å². The molecule has 0 fully saturated rings. The first-order chi connectivity index (χ1) is 6.34. The highest BCUT2D eigenvalue weighted by Gasteiger charge is 1.97. The third-order valence-electron chi connectivity index (χ3n) is 1.75. The molecule has 2 heterocycles. The monoisotopic (exact) mass is 174 g/mol. The maximum absolute atomic E-state index is 5.33. The minimum absolute atomic E-state index is 0.783. The van der Waals surface area contributed by atoms with Gasteiger partial charge in [-0.3, -0.25) is 9.98 Å². The van der Waals surface area contributed by atoms with Crippen molar-refractivity contribution in [2.24, 2.45) is 9.98 Å². The molecule has 0 N–H and O–H groups in total. The lowest BCUT2D eigenvalue weighted by atomic mass is 10.4. The number of rotatable bonds is 2. The van der Waals surface area contributed by atoms with Gasteiger partial charge in [0.05, 0.1) is 11.9 Å². The average molecular weight is 174 g/mol. The van der Waals surface area contributed by atoms with Crippen LogP contribution in [0.5, 0.6) is 0 Å². The highest BCUT2D eigenvalue weighted by Crippen LogP contribution is 2.09. The second-order valence-corrected chi connectivity index (χ2v) is 2.86. The molecule has 0 radical (unpaired) electrons. The lowest BCUT2D eigenvalue weighted by Gasteiger charge is -1.87. The summed E-state index contributed by atoms with van der Waals surface area (Å²) in [5.41, 5.74) is 0.967. The van der Waals surface area contributed by atoms with Gasteiger partial charge in [0.1, 0.15) is 11.5 Å². The Kier molecular flexibility index (Phi) is 2.08. The standard InChI is InChI=1S/C10H10N2O/c1-8-2-3-10(13-8)7-12-9-4-5-11-6-9/h2-3,5-7H,4H2,1H3. The summed E-state index contributed by atoms with van der Waals surface area (Å²) in [6, 6.07) is 3.82. The fourth-order valence-electron chi connectivity index (χ4n) is 1.09. The molecule has 13 heavy (non-hydrogen) atoms. The van der Waals surface area contributed by atoms with Crippen LogP contribution in [0.25, 0.3) is 0 Å². The summed E-state index contributed by atoms with van der Waals surface area (Å²) >= 11 is 0. The molecule has 1 aromatic rings. The van der Waals surface area contributed by atoms with Crippen LogP contribution in [0.15, 0.2) is 38.4 Å². The zero-order valence-corrected chi connectivity index (χ0v) is 7.40. The van der Waals surface area contributed by atoms with Crippen LogP contribution >= 0.6 is 0 Å². The lowest BCUT2D eigenvalue weighted by Crippen LogP contribution is -1.78. The van der Waals surface area contributed by atoms with Gasteiger partial charge in [-0.2, -0.15) is 0 Å². The molecule has 1 aromatic heterocycles. The molecule has 0 atom stereocenters. The second-order valence-electron chi connectivity index (χ2n) is 2.86. The van der Waals surface area contributed by atoms with Crippen molar-refractivity contribution in [1.82, 2.24) is 0 Å². The zero-order chi connectivity index (χ0) is 9.10. The lowest BCUT2D eigenvalue weighted by molar-refractivity contribution is 0.528. The minimum atomic E-state index is 0.783. The number of allylic oxidation sites excluding steroid dienone is 1. The predicted molar refractivity (Wildman–Crippen MR) is 52.2 cm³/mol. The van der Waals surface area contributed by atoms with Crippen molar-refractivity contribution in [3.8, 4) is 0 Å². The second kappa shape index (κ2) is 3.39. The Bertz CT molecular complexity index is 385. The molecule has 0 spiro atoms. The summed E-state index contributed by atoms with van der Waals surface area (Å²) in [5, 5.41) is 0. The highest BCUT2D eigenvalue weighted by molar-refractivity contribution is 5.78. The fraction of sp³-hybridized carbons (Fsp3) is 0.200. The summed E-state index contributed by atoms with van der Waals surface area (Å²) in [6.45, 7) is 1.91. The van der Waals surface area contributed by atoms with E-state index in [1.165, 1.54) is 0 Å². The molecule has 0 saturated carbocycles. The maximum Gasteiger partial charge on any atom is 0.145 e.